The second-order valence-corrected chi connectivity index (χ2v) is 5.86. The van der Waals surface area contributed by atoms with Crippen LogP contribution in [0.2, 0.25) is 0 Å². The highest BCUT2D eigenvalue weighted by Gasteiger charge is 2.18. The Labute approximate surface area is 127 Å². The van der Waals surface area contributed by atoms with E-state index in [0.29, 0.717) is 0 Å². The van der Waals surface area contributed by atoms with E-state index in [1.54, 1.807) is 18.9 Å². The van der Waals surface area contributed by atoms with E-state index in [0.717, 1.165) is 42.7 Å². The number of thioether (sulfide) groups is 1. The summed E-state index contributed by atoms with van der Waals surface area (Å²) in [6.45, 7) is 1.58. The summed E-state index contributed by atoms with van der Waals surface area (Å²) in [6.07, 6.45) is 2.45. The van der Waals surface area contributed by atoms with Crippen LogP contribution >= 0.6 is 11.8 Å². The van der Waals surface area contributed by atoms with Gasteiger partial charge in [0.1, 0.15) is 5.75 Å². The third-order valence-corrected chi connectivity index (χ3v) is 4.43. The van der Waals surface area contributed by atoms with Crippen LogP contribution in [-0.2, 0) is 17.0 Å². The van der Waals surface area contributed by atoms with Crippen molar-refractivity contribution < 1.29 is 9.47 Å². The molecule has 7 heteroatoms. The van der Waals surface area contributed by atoms with Gasteiger partial charge in [0, 0.05) is 12.4 Å². The lowest BCUT2D eigenvalue weighted by molar-refractivity contribution is 0.0912. The summed E-state index contributed by atoms with van der Waals surface area (Å²) >= 11 is 1.63. The largest absolute Gasteiger partial charge is 0.497 e. The smallest absolute Gasteiger partial charge is 0.209 e. The first-order valence-corrected chi connectivity index (χ1v) is 7.97. The molecule has 0 saturated carbocycles. The van der Waals surface area contributed by atoms with Gasteiger partial charge in [0.15, 0.2) is 0 Å². The predicted octanol–water partition coefficient (Wildman–Crippen LogP) is 2.15. The molecular weight excluding hydrogens is 288 g/mol. The first kappa shape index (κ1) is 14.3. The summed E-state index contributed by atoms with van der Waals surface area (Å²) < 4.78 is 12.7. The van der Waals surface area contributed by atoms with Gasteiger partial charge in [-0.2, -0.15) is 0 Å². The van der Waals surface area contributed by atoms with E-state index in [1.165, 1.54) is 5.56 Å². The maximum atomic E-state index is 5.63. The van der Waals surface area contributed by atoms with Crippen LogP contribution in [0.5, 0.6) is 5.75 Å². The second kappa shape index (κ2) is 6.91. The van der Waals surface area contributed by atoms with Crippen molar-refractivity contribution in [2.45, 2.75) is 36.4 Å². The lowest BCUT2D eigenvalue weighted by Crippen LogP contribution is -2.16. The number of rotatable bonds is 6. The van der Waals surface area contributed by atoms with Crippen LogP contribution in [-0.4, -0.2) is 40.0 Å². The minimum atomic E-state index is 0.240. The molecule has 0 bridgehead atoms. The molecule has 0 aliphatic carbocycles. The third kappa shape index (κ3) is 3.74. The van der Waals surface area contributed by atoms with E-state index >= 15 is 0 Å². The van der Waals surface area contributed by atoms with Gasteiger partial charge in [-0.25, -0.2) is 4.68 Å². The zero-order valence-corrected chi connectivity index (χ0v) is 12.8. The van der Waals surface area contributed by atoms with Gasteiger partial charge in [-0.3, -0.25) is 0 Å². The molecule has 6 nitrogen and oxygen atoms in total. The Bertz CT molecular complexity index is 584. The van der Waals surface area contributed by atoms with Gasteiger partial charge in [0.05, 0.1) is 19.8 Å². The van der Waals surface area contributed by atoms with Gasteiger partial charge in [0.25, 0.3) is 0 Å². The molecule has 0 radical (unpaired) electrons. The van der Waals surface area contributed by atoms with Crippen molar-refractivity contribution in [3.63, 3.8) is 0 Å². The molecule has 1 aliphatic heterocycles. The highest BCUT2D eigenvalue weighted by molar-refractivity contribution is 7.98. The Morgan fingerprint density at radius 2 is 2.43 bits per heavy atom. The molecular formula is C14H18N4O2S. The highest BCUT2D eigenvalue weighted by Crippen LogP contribution is 2.23. The van der Waals surface area contributed by atoms with Crippen molar-refractivity contribution in [2.75, 3.05) is 13.7 Å². The fourth-order valence-corrected chi connectivity index (χ4v) is 3.14. The summed E-state index contributed by atoms with van der Waals surface area (Å²) in [5.74, 6) is 1.68. The molecule has 1 saturated heterocycles. The maximum Gasteiger partial charge on any atom is 0.209 e. The molecule has 1 fully saturated rings. The average Bonchev–Trinajstić information content (AvgIpc) is 3.18. The molecule has 0 amide bonds. The van der Waals surface area contributed by atoms with Crippen LogP contribution in [0.3, 0.4) is 0 Å². The average molecular weight is 306 g/mol. The summed E-state index contributed by atoms with van der Waals surface area (Å²) in [5, 5.41) is 12.7. The zero-order chi connectivity index (χ0) is 14.5. The van der Waals surface area contributed by atoms with Crippen molar-refractivity contribution in [3.05, 3.63) is 29.8 Å². The van der Waals surface area contributed by atoms with Crippen LogP contribution < -0.4 is 4.74 Å². The van der Waals surface area contributed by atoms with Crippen LogP contribution in [0.4, 0.5) is 0 Å². The quantitative estimate of drug-likeness (QED) is 0.762. The van der Waals surface area contributed by atoms with Gasteiger partial charge in [-0.15, -0.1) is 5.10 Å². The molecule has 112 valence electrons. The standard InChI is InChI=1S/C14H18N4O2S/c1-19-12-5-2-4-11(8-12)10-21-14-15-16-17-18(14)9-13-6-3-7-20-13/h2,4-5,8,13H,3,6-7,9-10H2,1H3. The van der Waals surface area contributed by atoms with Crippen LogP contribution in [0.25, 0.3) is 0 Å². The van der Waals surface area contributed by atoms with E-state index in [4.69, 9.17) is 9.47 Å². The highest BCUT2D eigenvalue weighted by atomic mass is 32.2. The lowest BCUT2D eigenvalue weighted by atomic mass is 10.2. The van der Waals surface area contributed by atoms with E-state index in [1.807, 2.05) is 22.9 Å². The summed E-state index contributed by atoms with van der Waals surface area (Å²) in [6, 6.07) is 8.03. The fourth-order valence-electron chi connectivity index (χ4n) is 2.31. The molecule has 1 aliphatic rings. The number of methoxy groups -OCH3 is 1. The van der Waals surface area contributed by atoms with E-state index < -0.39 is 0 Å². The Hall–Kier alpha value is -1.60. The van der Waals surface area contributed by atoms with Gasteiger partial charge >= 0.3 is 0 Å². The molecule has 21 heavy (non-hydrogen) atoms. The summed E-state index contributed by atoms with van der Waals surface area (Å²) in [4.78, 5) is 0. The number of nitrogens with zero attached hydrogens (tertiary/aromatic N) is 4. The minimum absolute atomic E-state index is 0.240. The van der Waals surface area contributed by atoms with Crippen LogP contribution in [0.15, 0.2) is 29.4 Å². The number of hydrogen-bond donors (Lipinski definition) is 0. The fraction of sp³-hybridized carbons (Fsp3) is 0.500. The van der Waals surface area contributed by atoms with Gasteiger partial charge < -0.3 is 9.47 Å². The maximum absolute atomic E-state index is 5.63. The Balaban J connectivity index is 1.61. The van der Waals surface area contributed by atoms with Crippen LogP contribution in [0, 0.1) is 0 Å². The van der Waals surface area contributed by atoms with E-state index in [9.17, 15) is 0 Å². The van der Waals surface area contributed by atoms with E-state index in [2.05, 4.69) is 21.6 Å². The summed E-state index contributed by atoms with van der Waals surface area (Å²) in [5.41, 5.74) is 1.19. The number of hydrogen-bond acceptors (Lipinski definition) is 6. The predicted molar refractivity (Wildman–Crippen MR) is 79.3 cm³/mol. The van der Waals surface area contributed by atoms with E-state index in [-0.39, 0.29) is 6.10 Å². The molecule has 2 aromatic rings. The molecule has 0 N–H and O–H groups in total. The number of benzene rings is 1. The lowest BCUT2D eigenvalue weighted by Gasteiger charge is -2.10. The molecule has 1 unspecified atom stereocenters. The molecule has 1 atom stereocenters. The molecule has 0 spiro atoms. The molecule has 1 aromatic carbocycles. The Kier molecular flexibility index (Phi) is 4.72. The topological polar surface area (TPSA) is 62.1 Å². The number of aromatic nitrogens is 4. The van der Waals surface area contributed by atoms with Crippen molar-refractivity contribution >= 4 is 11.8 Å². The minimum Gasteiger partial charge on any atom is -0.497 e. The molecule has 2 heterocycles. The van der Waals surface area contributed by atoms with Crippen LogP contribution in [0.1, 0.15) is 18.4 Å². The SMILES string of the molecule is COc1cccc(CSc2nnnn2CC2CCCO2)c1. The summed E-state index contributed by atoms with van der Waals surface area (Å²) in [7, 11) is 1.68. The monoisotopic (exact) mass is 306 g/mol. The van der Waals surface area contributed by atoms with Gasteiger partial charge in [-0.1, -0.05) is 23.9 Å². The molecule has 3 rings (SSSR count). The number of ether oxygens (including phenoxy) is 2. The molecule has 1 aromatic heterocycles. The normalized spacial score (nSPS) is 18.0. The Morgan fingerprint density at radius 3 is 3.24 bits per heavy atom. The van der Waals surface area contributed by atoms with Gasteiger partial charge in [0.2, 0.25) is 5.16 Å². The first-order chi connectivity index (χ1) is 10.3. The van der Waals surface area contributed by atoms with Crippen molar-refractivity contribution in [1.82, 2.24) is 20.2 Å². The zero-order valence-electron chi connectivity index (χ0n) is 11.9. The van der Waals surface area contributed by atoms with Crippen molar-refractivity contribution in [3.8, 4) is 5.75 Å². The van der Waals surface area contributed by atoms with Crippen molar-refractivity contribution in [2.24, 2.45) is 0 Å². The van der Waals surface area contributed by atoms with Crippen molar-refractivity contribution in [1.29, 1.82) is 0 Å². The first-order valence-electron chi connectivity index (χ1n) is 6.98. The Morgan fingerprint density at radius 1 is 1.48 bits per heavy atom. The number of tetrazole rings is 1. The second-order valence-electron chi connectivity index (χ2n) is 4.92. The van der Waals surface area contributed by atoms with Gasteiger partial charge in [-0.05, 0) is 41.0 Å². The third-order valence-electron chi connectivity index (χ3n) is 3.40.